The lowest BCUT2D eigenvalue weighted by Gasteiger charge is -2.34. The van der Waals surface area contributed by atoms with Gasteiger partial charge in [-0.15, -0.1) is 11.8 Å². The number of allylic oxidation sites excluding steroid dienone is 2. The van der Waals surface area contributed by atoms with Crippen LogP contribution in [-0.4, -0.2) is 17.1 Å². The van der Waals surface area contributed by atoms with Gasteiger partial charge in [-0.1, -0.05) is 6.92 Å². The summed E-state index contributed by atoms with van der Waals surface area (Å²) >= 11 is 1.44. The van der Waals surface area contributed by atoms with Crippen molar-refractivity contribution >= 4 is 11.8 Å². The molecule has 4 heteroatoms. The fraction of sp³-hybridized carbons (Fsp3) is 0.500. The molecule has 5 N–H and O–H groups in total. The Morgan fingerprint density at radius 3 is 2.67 bits per heavy atom. The highest BCUT2D eigenvalue weighted by molar-refractivity contribution is 8.02. The summed E-state index contributed by atoms with van der Waals surface area (Å²) in [7, 11) is 0. The molecule has 1 rings (SSSR count). The summed E-state index contributed by atoms with van der Waals surface area (Å²) in [5, 5.41) is 9.84. The van der Waals surface area contributed by atoms with Crippen molar-refractivity contribution in [2.24, 2.45) is 17.4 Å². The second-order valence-corrected chi connectivity index (χ2v) is 3.80. The Bertz CT molecular complexity index is 245. The quantitative estimate of drug-likeness (QED) is 0.517. The zero-order valence-electron chi connectivity index (χ0n) is 7.24. The Morgan fingerprint density at radius 2 is 2.17 bits per heavy atom. The molecule has 0 aromatic carbocycles. The maximum absolute atomic E-state index is 9.84. The third-order valence-electron chi connectivity index (χ3n) is 2.20. The Balaban J connectivity index is 3.03. The van der Waals surface area contributed by atoms with Crippen molar-refractivity contribution in [2.45, 2.75) is 12.6 Å². The highest BCUT2D eigenvalue weighted by Gasteiger charge is 2.36. The van der Waals surface area contributed by atoms with Gasteiger partial charge in [-0.05, 0) is 18.4 Å². The average Bonchev–Trinajstić information content (AvgIpc) is 2.01. The van der Waals surface area contributed by atoms with Gasteiger partial charge in [-0.3, -0.25) is 5.73 Å². The first-order valence-corrected chi connectivity index (χ1v) is 4.95. The molecule has 1 aliphatic carbocycles. The van der Waals surface area contributed by atoms with Crippen LogP contribution in [0.1, 0.15) is 6.92 Å². The van der Waals surface area contributed by atoms with E-state index < -0.39 is 5.72 Å². The van der Waals surface area contributed by atoms with E-state index in [-0.39, 0.29) is 5.92 Å². The van der Waals surface area contributed by atoms with Crippen LogP contribution in [-0.2, 0) is 0 Å². The van der Waals surface area contributed by atoms with Crippen LogP contribution in [0.3, 0.4) is 0 Å². The van der Waals surface area contributed by atoms with Crippen LogP contribution < -0.4 is 11.5 Å². The molecule has 0 spiro atoms. The first-order chi connectivity index (χ1) is 5.50. The number of thioether (sulfide) groups is 1. The molecule has 1 aliphatic rings. The Kier molecular flexibility index (Phi) is 2.51. The van der Waals surface area contributed by atoms with E-state index in [4.69, 9.17) is 11.5 Å². The van der Waals surface area contributed by atoms with E-state index in [0.29, 0.717) is 5.70 Å². The van der Waals surface area contributed by atoms with Gasteiger partial charge in [-0.2, -0.15) is 0 Å². The highest BCUT2D eigenvalue weighted by atomic mass is 32.2. The molecule has 0 amide bonds. The van der Waals surface area contributed by atoms with E-state index in [1.807, 2.05) is 13.2 Å². The van der Waals surface area contributed by atoms with Gasteiger partial charge in [0.1, 0.15) is 0 Å². The van der Waals surface area contributed by atoms with Gasteiger partial charge < -0.3 is 10.8 Å². The maximum Gasteiger partial charge on any atom is 0.153 e. The van der Waals surface area contributed by atoms with Gasteiger partial charge in [0.2, 0.25) is 0 Å². The molecule has 68 valence electrons. The van der Waals surface area contributed by atoms with Crippen molar-refractivity contribution in [1.82, 2.24) is 0 Å². The van der Waals surface area contributed by atoms with E-state index >= 15 is 0 Å². The molecular formula is C8H14N2OS. The smallest absolute Gasteiger partial charge is 0.153 e. The minimum atomic E-state index is -1.29. The normalized spacial score (nSPS) is 35.8. The summed E-state index contributed by atoms with van der Waals surface area (Å²) in [5.74, 6) is -0.218. The van der Waals surface area contributed by atoms with Crippen molar-refractivity contribution in [3.05, 3.63) is 22.8 Å². The lowest BCUT2D eigenvalue weighted by molar-refractivity contribution is 0.0509. The molecule has 0 fully saturated rings. The van der Waals surface area contributed by atoms with Gasteiger partial charge in [-0.25, -0.2) is 0 Å². The van der Waals surface area contributed by atoms with Crippen molar-refractivity contribution in [3.63, 3.8) is 0 Å². The molecule has 3 nitrogen and oxygen atoms in total. The second kappa shape index (κ2) is 3.12. The van der Waals surface area contributed by atoms with Gasteiger partial charge in [0.15, 0.2) is 5.72 Å². The molecule has 12 heavy (non-hydrogen) atoms. The lowest BCUT2D eigenvalue weighted by Crippen LogP contribution is -2.50. The summed E-state index contributed by atoms with van der Waals surface area (Å²) in [6, 6.07) is 0. The van der Waals surface area contributed by atoms with Crippen LogP contribution in [0.4, 0.5) is 0 Å². The summed E-state index contributed by atoms with van der Waals surface area (Å²) in [6.45, 7) is 1.81. The van der Waals surface area contributed by atoms with Crippen LogP contribution >= 0.6 is 11.8 Å². The van der Waals surface area contributed by atoms with Crippen molar-refractivity contribution in [2.75, 3.05) is 6.26 Å². The molecular weight excluding hydrogens is 172 g/mol. The molecule has 0 bridgehead atoms. The van der Waals surface area contributed by atoms with E-state index in [9.17, 15) is 5.11 Å². The van der Waals surface area contributed by atoms with Gasteiger partial charge >= 0.3 is 0 Å². The Morgan fingerprint density at radius 1 is 1.58 bits per heavy atom. The first kappa shape index (κ1) is 9.64. The Hall–Kier alpha value is -0.450. The molecule has 0 aromatic rings. The Labute approximate surface area is 76.5 Å². The first-order valence-electron chi connectivity index (χ1n) is 3.73. The SMILES string of the molecule is CSC1=CC=C(N)C(C)C1(N)O. The summed E-state index contributed by atoms with van der Waals surface area (Å²) in [4.78, 5) is 0.754. The van der Waals surface area contributed by atoms with Crippen LogP contribution in [0.25, 0.3) is 0 Å². The van der Waals surface area contributed by atoms with Gasteiger partial charge in [0, 0.05) is 16.5 Å². The fourth-order valence-corrected chi connectivity index (χ4v) is 1.86. The molecule has 0 radical (unpaired) electrons. The predicted molar refractivity (Wildman–Crippen MR) is 52.2 cm³/mol. The summed E-state index contributed by atoms with van der Waals surface area (Å²) < 4.78 is 0. The van der Waals surface area contributed by atoms with Gasteiger partial charge in [0.25, 0.3) is 0 Å². The number of hydrogen-bond donors (Lipinski definition) is 3. The van der Waals surface area contributed by atoms with Crippen molar-refractivity contribution in [3.8, 4) is 0 Å². The van der Waals surface area contributed by atoms with E-state index in [0.717, 1.165) is 4.91 Å². The predicted octanol–water partition coefficient (Wildman–Crippen LogP) is 0.373. The van der Waals surface area contributed by atoms with Crippen LogP contribution in [0.15, 0.2) is 22.8 Å². The summed E-state index contributed by atoms with van der Waals surface area (Å²) in [5.41, 5.74) is 10.7. The van der Waals surface area contributed by atoms with Gasteiger partial charge in [0.05, 0.1) is 0 Å². The fourth-order valence-electron chi connectivity index (χ4n) is 1.15. The number of aliphatic hydroxyl groups is 1. The molecule has 0 aliphatic heterocycles. The molecule has 2 unspecified atom stereocenters. The third kappa shape index (κ3) is 1.37. The largest absolute Gasteiger partial charge is 0.402 e. The zero-order chi connectivity index (χ0) is 9.35. The van der Waals surface area contributed by atoms with Crippen LogP contribution in [0.2, 0.25) is 0 Å². The van der Waals surface area contributed by atoms with E-state index in [1.54, 1.807) is 12.2 Å². The topological polar surface area (TPSA) is 72.3 Å². The second-order valence-electron chi connectivity index (χ2n) is 2.95. The molecule has 0 aromatic heterocycles. The molecule has 0 saturated carbocycles. The van der Waals surface area contributed by atoms with E-state index in [2.05, 4.69) is 0 Å². The lowest BCUT2D eigenvalue weighted by atomic mass is 9.90. The summed E-state index contributed by atoms with van der Waals surface area (Å²) in [6.07, 6.45) is 5.43. The average molecular weight is 186 g/mol. The van der Waals surface area contributed by atoms with Crippen molar-refractivity contribution in [1.29, 1.82) is 0 Å². The molecule has 2 atom stereocenters. The van der Waals surface area contributed by atoms with E-state index in [1.165, 1.54) is 11.8 Å². The number of nitrogens with two attached hydrogens (primary N) is 2. The molecule has 0 heterocycles. The minimum Gasteiger partial charge on any atom is -0.402 e. The third-order valence-corrected chi connectivity index (χ3v) is 3.10. The zero-order valence-corrected chi connectivity index (χ0v) is 8.06. The monoisotopic (exact) mass is 186 g/mol. The molecule has 0 saturated heterocycles. The number of rotatable bonds is 1. The number of hydrogen-bond acceptors (Lipinski definition) is 4. The minimum absolute atomic E-state index is 0.218. The standard InChI is InChI=1S/C8H14N2OS/c1-5-6(9)3-4-7(12-2)8(5,10)11/h3-5,11H,9-10H2,1-2H3. The van der Waals surface area contributed by atoms with Crippen molar-refractivity contribution < 1.29 is 5.11 Å². The van der Waals surface area contributed by atoms with Crippen LogP contribution in [0, 0.1) is 5.92 Å². The highest BCUT2D eigenvalue weighted by Crippen LogP contribution is 2.34. The maximum atomic E-state index is 9.84. The van der Waals surface area contributed by atoms with Crippen LogP contribution in [0.5, 0.6) is 0 Å².